The fourth-order valence-electron chi connectivity index (χ4n) is 3.12. The second-order valence-corrected chi connectivity index (χ2v) is 5.93. The monoisotopic (exact) mass is 295 g/mol. The minimum Gasteiger partial charge on any atom is -0.397 e. The number of fused-ring (bicyclic) bond motifs is 1. The van der Waals surface area contributed by atoms with Crippen molar-refractivity contribution in [1.82, 2.24) is 4.90 Å². The van der Waals surface area contributed by atoms with E-state index in [9.17, 15) is 0 Å². The highest BCUT2D eigenvalue weighted by molar-refractivity contribution is 9.10. The average Bonchev–Trinajstić information content (AvgIpc) is 2.86. The Bertz CT molecular complexity index is 421. The maximum Gasteiger partial charge on any atom is 0.0577 e. The van der Waals surface area contributed by atoms with Gasteiger partial charge in [-0.3, -0.25) is 4.90 Å². The van der Waals surface area contributed by atoms with Gasteiger partial charge in [-0.25, -0.2) is 0 Å². The topological polar surface area (TPSA) is 41.3 Å². The van der Waals surface area contributed by atoms with Crippen LogP contribution in [0.1, 0.15) is 19.3 Å². The molecule has 2 unspecified atom stereocenters. The van der Waals surface area contributed by atoms with E-state index in [0.717, 1.165) is 21.9 Å². The van der Waals surface area contributed by atoms with Gasteiger partial charge in [0.1, 0.15) is 0 Å². The highest BCUT2D eigenvalue weighted by atomic mass is 79.9. The van der Waals surface area contributed by atoms with Crippen LogP contribution in [0.25, 0.3) is 0 Å². The Morgan fingerprint density at radius 2 is 2.18 bits per heavy atom. The van der Waals surface area contributed by atoms with Crippen LogP contribution in [0.3, 0.4) is 0 Å². The molecule has 0 spiro atoms. The Kier molecular flexibility index (Phi) is 3.01. The molecule has 92 valence electrons. The highest BCUT2D eigenvalue weighted by Crippen LogP contribution is 2.32. The Morgan fingerprint density at radius 3 is 3.00 bits per heavy atom. The first kappa shape index (κ1) is 11.4. The van der Waals surface area contributed by atoms with E-state index < -0.39 is 0 Å². The predicted molar refractivity (Wildman–Crippen MR) is 75.2 cm³/mol. The third kappa shape index (κ3) is 2.16. The van der Waals surface area contributed by atoms with Crippen LogP contribution in [-0.4, -0.2) is 30.1 Å². The lowest BCUT2D eigenvalue weighted by Gasteiger charge is -2.23. The summed E-state index contributed by atoms with van der Waals surface area (Å²) in [6, 6.07) is 7.36. The quantitative estimate of drug-likeness (QED) is 0.825. The Labute approximate surface area is 110 Å². The summed E-state index contributed by atoms with van der Waals surface area (Å²) < 4.78 is 1.04. The molecule has 0 amide bonds. The van der Waals surface area contributed by atoms with Crippen LogP contribution >= 0.6 is 15.9 Å². The van der Waals surface area contributed by atoms with E-state index >= 15 is 0 Å². The van der Waals surface area contributed by atoms with E-state index in [4.69, 9.17) is 5.73 Å². The van der Waals surface area contributed by atoms with Gasteiger partial charge in [-0.15, -0.1) is 0 Å². The third-order valence-corrected chi connectivity index (χ3v) is 4.45. The molecule has 2 aliphatic rings. The molecule has 3 N–H and O–H groups in total. The highest BCUT2D eigenvalue weighted by Gasteiger charge is 2.37. The number of hydrogen-bond donors (Lipinski definition) is 2. The second-order valence-electron chi connectivity index (χ2n) is 5.02. The Morgan fingerprint density at radius 1 is 1.29 bits per heavy atom. The van der Waals surface area contributed by atoms with E-state index in [0.29, 0.717) is 6.04 Å². The van der Waals surface area contributed by atoms with Gasteiger partial charge in [-0.05, 0) is 44.0 Å². The van der Waals surface area contributed by atoms with Gasteiger partial charge in [0.15, 0.2) is 0 Å². The molecule has 17 heavy (non-hydrogen) atoms. The van der Waals surface area contributed by atoms with Gasteiger partial charge in [-0.1, -0.05) is 15.9 Å². The number of rotatable bonds is 2. The summed E-state index contributed by atoms with van der Waals surface area (Å²) in [5, 5.41) is 3.62. The van der Waals surface area contributed by atoms with Gasteiger partial charge in [0.05, 0.1) is 11.4 Å². The maximum atomic E-state index is 6.03. The maximum absolute atomic E-state index is 6.03. The summed E-state index contributed by atoms with van der Waals surface area (Å²) in [6.07, 6.45) is 3.91. The standard InChI is InChI=1S/C13H18BrN3/c14-9-3-4-11(10(15)8-9)16-12-5-7-17-6-1-2-13(12)17/h3-4,8,12-13,16H,1-2,5-7,15H2. The van der Waals surface area contributed by atoms with E-state index in [1.54, 1.807) is 0 Å². The molecule has 4 heteroatoms. The van der Waals surface area contributed by atoms with Crippen LogP contribution in [0, 0.1) is 0 Å². The molecule has 1 aromatic rings. The van der Waals surface area contributed by atoms with E-state index in [-0.39, 0.29) is 0 Å². The lowest BCUT2D eigenvalue weighted by molar-refractivity contribution is 0.318. The van der Waals surface area contributed by atoms with Crippen molar-refractivity contribution in [2.24, 2.45) is 0 Å². The van der Waals surface area contributed by atoms with Gasteiger partial charge in [0.25, 0.3) is 0 Å². The predicted octanol–water partition coefficient (Wildman–Crippen LogP) is 2.68. The smallest absolute Gasteiger partial charge is 0.0577 e. The van der Waals surface area contributed by atoms with Crippen molar-refractivity contribution in [2.75, 3.05) is 24.1 Å². The lowest BCUT2D eigenvalue weighted by atomic mass is 10.1. The number of hydrogen-bond acceptors (Lipinski definition) is 3. The summed E-state index contributed by atoms with van der Waals surface area (Å²) in [4.78, 5) is 2.60. The molecule has 0 bridgehead atoms. The second kappa shape index (κ2) is 4.50. The number of nitrogens with zero attached hydrogens (tertiary/aromatic N) is 1. The minimum absolute atomic E-state index is 0.570. The molecule has 1 aromatic carbocycles. The van der Waals surface area contributed by atoms with Crippen LogP contribution in [0.5, 0.6) is 0 Å². The zero-order valence-corrected chi connectivity index (χ0v) is 11.4. The number of nitrogens with two attached hydrogens (primary N) is 1. The molecule has 3 nitrogen and oxygen atoms in total. The van der Waals surface area contributed by atoms with Gasteiger partial charge in [0.2, 0.25) is 0 Å². The molecule has 0 aliphatic carbocycles. The van der Waals surface area contributed by atoms with Gasteiger partial charge in [0, 0.05) is 23.1 Å². The summed E-state index contributed by atoms with van der Waals surface area (Å²) in [5.41, 5.74) is 7.94. The van der Waals surface area contributed by atoms with Crippen LogP contribution in [0.15, 0.2) is 22.7 Å². The van der Waals surface area contributed by atoms with E-state index in [1.807, 2.05) is 12.1 Å². The SMILES string of the molecule is Nc1cc(Br)ccc1NC1CCN2CCCC12. The van der Waals surface area contributed by atoms with Crippen molar-refractivity contribution in [3.8, 4) is 0 Å². The molecule has 2 aliphatic heterocycles. The molecule has 2 saturated heterocycles. The molecule has 0 radical (unpaired) electrons. The number of nitrogens with one attached hydrogen (secondary N) is 1. The first-order valence-electron chi connectivity index (χ1n) is 6.29. The van der Waals surface area contributed by atoms with Gasteiger partial charge >= 0.3 is 0 Å². The number of benzene rings is 1. The first-order valence-corrected chi connectivity index (χ1v) is 7.09. The Balaban J connectivity index is 1.74. The Hall–Kier alpha value is -0.740. The van der Waals surface area contributed by atoms with E-state index in [2.05, 4.69) is 32.2 Å². The number of halogens is 1. The van der Waals surface area contributed by atoms with Crippen LogP contribution in [-0.2, 0) is 0 Å². The van der Waals surface area contributed by atoms with Crippen molar-refractivity contribution >= 4 is 27.3 Å². The van der Waals surface area contributed by atoms with Crippen molar-refractivity contribution in [3.63, 3.8) is 0 Å². The third-order valence-electron chi connectivity index (χ3n) is 3.96. The summed E-state index contributed by atoms with van der Waals surface area (Å²) in [7, 11) is 0. The first-order chi connectivity index (χ1) is 8.24. The number of anilines is 2. The molecule has 0 aromatic heterocycles. The number of nitrogen functional groups attached to an aromatic ring is 1. The molecular formula is C13H18BrN3. The zero-order valence-electron chi connectivity index (χ0n) is 9.82. The van der Waals surface area contributed by atoms with Gasteiger partial charge < -0.3 is 11.1 Å². The van der Waals surface area contributed by atoms with Crippen LogP contribution < -0.4 is 11.1 Å². The molecular weight excluding hydrogens is 278 g/mol. The summed E-state index contributed by atoms with van der Waals surface area (Å²) in [5.74, 6) is 0. The molecule has 2 atom stereocenters. The van der Waals surface area contributed by atoms with Crippen molar-refractivity contribution in [1.29, 1.82) is 0 Å². The molecule has 2 heterocycles. The van der Waals surface area contributed by atoms with Crippen LogP contribution in [0.4, 0.5) is 11.4 Å². The van der Waals surface area contributed by atoms with Crippen molar-refractivity contribution in [2.45, 2.75) is 31.3 Å². The fourth-order valence-corrected chi connectivity index (χ4v) is 3.49. The summed E-state index contributed by atoms with van der Waals surface area (Å²) >= 11 is 3.44. The normalized spacial score (nSPS) is 28.3. The van der Waals surface area contributed by atoms with Crippen LogP contribution in [0.2, 0.25) is 0 Å². The largest absolute Gasteiger partial charge is 0.397 e. The molecule has 0 saturated carbocycles. The molecule has 3 rings (SSSR count). The van der Waals surface area contributed by atoms with Crippen molar-refractivity contribution in [3.05, 3.63) is 22.7 Å². The zero-order chi connectivity index (χ0) is 11.8. The van der Waals surface area contributed by atoms with E-state index in [1.165, 1.54) is 32.4 Å². The fraction of sp³-hybridized carbons (Fsp3) is 0.538. The molecule has 2 fully saturated rings. The summed E-state index contributed by atoms with van der Waals surface area (Å²) in [6.45, 7) is 2.51. The van der Waals surface area contributed by atoms with Gasteiger partial charge in [-0.2, -0.15) is 0 Å². The lowest BCUT2D eigenvalue weighted by Crippen LogP contribution is -2.33. The van der Waals surface area contributed by atoms with Crippen molar-refractivity contribution < 1.29 is 0 Å². The average molecular weight is 296 g/mol. The minimum atomic E-state index is 0.570.